The molecule has 0 aliphatic heterocycles. The molecule has 1 aliphatic carbocycles. The number of amides is 2. The van der Waals surface area contributed by atoms with E-state index in [1.54, 1.807) is 26.1 Å². The average Bonchev–Trinajstić information content (AvgIpc) is 3.21. The maximum atomic E-state index is 14.1. The van der Waals surface area contributed by atoms with Gasteiger partial charge in [0.15, 0.2) is 16.7 Å². The van der Waals surface area contributed by atoms with Crippen LogP contribution in [0, 0.1) is 11.7 Å². The van der Waals surface area contributed by atoms with Crippen molar-refractivity contribution < 1.29 is 23.8 Å². The molecule has 0 radical (unpaired) electrons. The number of carbonyl (C=O) groups is 2. The Morgan fingerprint density at radius 2 is 2.09 bits per heavy atom. The van der Waals surface area contributed by atoms with Crippen LogP contribution in [0.1, 0.15) is 52.0 Å². The van der Waals surface area contributed by atoms with E-state index in [0.717, 1.165) is 31.2 Å². The van der Waals surface area contributed by atoms with Gasteiger partial charge in [0.1, 0.15) is 4.75 Å². The number of aromatic nitrogens is 1. The SMILES string of the molecule is COc1ccc(CCN(C(=O)Nc2ncc(SC(C)(C)C(=O)O)s2)[C@@H]2CCCC[C@H]2C)cc1F. The molecule has 1 fully saturated rings. The van der Waals surface area contributed by atoms with Gasteiger partial charge in [-0.2, -0.15) is 0 Å². The lowest BCUT2D eigenvalue weighted by Crippen LogP contribution is -2.48. The Bertz CT molecular complexity index is 1010. The number of rotatable bonds is 9. The van der Waals surface area contributed by atoms with E-state index in [-0.39, 0.29) is 17.8 Å². The lowest BCUT2D eigenvalue weighted by Gasteiger charge is -2.38. The number of nitrogens with zero attached hydrogens (tertiary/aromatic N) is 2. The summed E-state index contributed by atoms with van der Waals surface area (Å²) in [6.07, 6.45) is 6.32. The molecular weight excluding hydrogens is 477 g/mol. The van der Waals surface area contributed by atoms with E-state index in [2.05, 4.69) is 17.2 Å². The summed E-state index contributed by atoms with van der Waals surface area (Å²) >= 11 is 2.45. The average molecular weight is 510 g/mol. The molecule has 0 spiro atoms. The van der Waals surface area contributed by atoms with Gasteiger partial charge >= 0.3 is 12.0 Å². The Morgan fingerprint density at radius 1 is 1.35 bits per heavy atom. The molecule has 2 N–H and O–H groups in total. The minimum atomic E-state index is -0.995. The van der Waals surface area contributed by atoms with E-state index in [1.165, 1.54) is 36.3 Å². The Hall–Kier alpha value is -2.33. The highest BCUT2D eigenvalue weighted by Gasteiger charge is 2.32. The van der Waals surface area contributed by atoms with Crippen molar-refractivity contribution in [3.8, 4) is 5.75 Å². The lowest BCUT2D eigenvalue weighted by atomic mass is 9.85. The fraction of sp³-hybridized carbons (Fsp3) is 0.542. The molecule has 186 valence electrons. The summed E-state index contributed by atoms with van der Waals surface area (Å²) in [5, 5.41) is 12.7. The predicted octanol–water partition coefficient (Wildman–Crippen LogP) is 5.90. The minimum Gasteiger partial charge on any atom is -0.494 e. The first-order chi connectivity index (χ1) is 16.1. The fourth-order valence-corrected chi connectivity index (χ4v) is 6.38. The number of halogens is 1. The Kier molecular flexibility index (Phi) is 8.81. The molecule has 0 bridgehead atoms. The normalized spacial score (nSPS) is 18.4. The molecule has 10 heteroatoms. The van der Waals surface area contributed by atoms with Crippen LogP contribution in [0.25, 0.3) is 0 Å². The number of hydrogen-bond acceptors (Lipinski definition) is 6. The van der Waals surface area contributed by atoms with Crippen LogP contribution in [-0.4, -0.2) is 51.4 Å². The number of aliphatic carboxylic acids is 1. The molecule has 2 amide bonds. The number of methoxy groups -OCH3 is 1. The first-order valence-corrected chi connectivity index (χ1v) is 13.0. The molecule has 1 aliphatic rings. The lowest BCUT2D eigenvalue weighted by molar-refractivity contribution is -0.138. The van der Waals surface area contributed by atoms with Crippen LogP contribution in [0.15, 0.2) is 28.6 Å². The van der Waals surface area contributed by atoms with Crippen molar-refractivity contribution in [3.63, 3.8) is 0 Å². The van der Waals surface area contributed by atoms with Crippen molar-refractivity contribution in [2.45, 2.75) is 67.9 Å². The fourth-order valence-electron chi connectivity index (χ4n) is 4.12. The molecule has 34 heavy (non-hydrogen) atoms. The molecule has 7 nitrogen and oxygen atoms in total. The number of nitrogens with one attached hydrogen (secondary N) is 1. The molecule has 1 saturated carbocycles. The number of thiazole rings is 1. The van der Waals surface area contributed by atoms with Crippen molar-refractivity contribution in [2.24, 2.45) is 5.92 Å². The van der Waals surface area contributed by atoms with E-state index in [9.17, 15) is 19.1 Å². The second kappa shape index (κ2) is 11.4. The van der Waals surface area contributed by atoms with Crippen LogP contribution in [0.2, 0.25) is 0 Å². The first-order valence-electron chi connectivity index (χ1n) is 11.4. The Labute approximate surface area is 208 Å². The second-order valence-electron chi connectivity index (χ2n) is 9.07. The summed E-state index contributed by atoms with van der Waals surface area (Å²) in [6, 6.07) is 4.73. The summed E-state index contributed by atoms with van der Waals surface area (Å²) in [5.41, 5.74) is 0.795. The number of anilines is 1. The van der Waals surface area contributed by atoms with E-state index in [4.69, 9.17) is 4.74 Å². The van der Waals surface area contributed by atoms with Crippen LogP contribution in [0.5, 0.6) is 5.75 Å². The third-order valence-corrected chi connectivity index (χ3v) is 8.35. The third-order valence-electron chi connectivity index (χ3n) is 6.15. The van der Waals surface area contributed by atoms with E-state index in [0.29, 0.717) is 28.2 Å². The molecule has 0 unspecified atom stereocenters. The van der Waals surface area contributed by atoms with Gasteiger partial charge in [0.2, 0.25) is 0 Å². The Balaban J connectivity index is 1.72. The van der Waals surface area contributed by atoms with E-state index >= 15 is 0 Å². The number of benzene rings is 1. The van der Waals surface area contributed by atoms with Gasteiger partial charge in [0.05, 0.1) is 17.5 Å². The zero-order valence-electron chi connectivity index (χ0n) is 20.0. The topological polar surface area (TPSA) is 91.8 Å². The first kappa shape index (κ1) is 26.3. The summed E-state index contributed by atoms with van der Waals surface area (Å²) in [7, 11) is 1.43. The maximum absolute atomic E-state index is 14.1. The van der Waals surface area contributed by atoms with Gasteiger partial charge in [-0.15, -0.1) is 0 Å². The molecule has 2 atom stereocenters. The second-order valence-corrected chi connectivity index (χ2v) is 12.0. The zero-order valence-corrected chi connectivity index (χ0v) is 21.6. The van der Waals surface area contributed by atoms with Crippen molar-refractivity contribution >= 4 is 40.2 Å². The number of carbonyl (C=O) groups excluding carboxylic acids is 1. The van der Waals surface area contributed by atoms with E-state index in [1.807, 2.05) is 11.0 Å². The van der Waals surface area contributed by atoms with E-state index < -0.39 is 16.5 Å². The van der Waals surface area contributed by atoms with Crippen LogP contribution in [0.4, 0.5) is 14.3 Å². The van der Waals surface area contributed by atoms with Gasteiger partial charge in [0.25, 0.3) is 0 Å². The van der Waals surface area contributed by atoms with Gasteiger partial charge < -0.3 is 14.7 Å². The van der Waals surface area contributed by atoms with Crippen LogP contribution in [0.3, 0.4) is 0 Å². The highest BCUT2D eigenvalue weighted by molar-refractivity contribution is 8.03. The van der Waals surface area contributed by atoms with Gasteiger partial charge in [-0.3, -0.25) is 10.1 Å². The number of carboxylic acid groups (broad SMARTS) is 1. The number of hydrogen-bond donors (Lipinski definition) is 2. The van der Waals surface area contributed by atoms with Crippen LogP contribution in [-0.2, 0) is 11.2 Å². The standard InChI is InChI=1S/C24H32FN3O4S2/c1-15-7-5-6-8-18(15)28(12-11-16-9-10-19(32-4)17(25)13-16)23(31)27-22-26-14-20(33-22)34-24(2,3)21(29)30/h9-10,13-15,18H,5-8,11-12H2,1-4H3,(H,29,30)(H,26,27,31)/t15-,18-/m1/s1. The summed E-state index contributed by atoms with van der Waals surface area (Å²) < 4.78 is 18.9. The Morgan fingerprint density at radius 3 is 2.74 bits per heavy atom. The molecule has 1 aromatic heterocycles. The summed E-state index contributed by atoms with van der Waals surface area (Å²) in [4.78, 5) is 30.9. The van der Waals surface area contributed by atoms with Gasteiger partial charge in [-0.25, -0.2) is 14.2 Å². The summed E-state index contributed by atoms with van der Waals surface area (Å²) in [6.45, 7) is 5.88. The predicted molar refractivity (Wildman–Crippen MR) is 133 cm³/mol. The van der Waals surface area contributed by atoms with Gasteiger partial charge in [-0.05, 0) is 56.7 Å². The smallest absolute Gasteiger partial charge is 0.323 e. The van der Waals surface area contributed by atoms with Crippen molar-refractivity contribution in [3.05, 3.63) is 35.8 Å². The molecule has 1 heterocycles. The number of carboxylic acids is 1. The molecule has 3 rings (SSSR count). The zero-order chi connectivity index (χ0) is 24.9. The van der Waals surface area contributed by atoms with Crippen molar-refractivity contribution in [1.82, 2.24) is 9.88 Å². The molecule has 2 aromatic rings. The molecular formula is C24H32FN3O4S2. The highest BCUT2D eigenvalue weighted by atomic mass is 32.2. The quantitative estimate of drug-likeness (QED) is 0.409. The summed E-state index contributed by atoms with van der Waals surface area (Å²) in [5.74, 6) is -0.767. The van der Waals surface area contributed by atoms with Crippen LogP contribution < -0.4 is 10.1 Å². The van der Waals surface area contributed by atoms with Crippen LogP contribution >= 0.6 is 23.1 Å². The molecule has 1 aromatic carbocycles. The largest absolute Gasteiger partial charge is 0.494 e. The van der Waals surface area contributed by atoms with Gasteiger partial charge in [-0.1, -0.05) is 48.9 Å². The van der Waals surface area contributed by atoms with Crippen molar-refractivity contribution in [2.75, 3.05) is 19.0 Å². The maximum Gasteiger partial charge on any atom is 0.323 e. The number of urea groups is 1. The highest BCUT2D eigenvalue weighted by Crippen LogP contribution is 2.38. The monoisotopic (exact) mass is 509 g/mol. The third kappa shape index (κ3) is 6.63. The molecule has 0 saturated heterocycles. The minimum absolute atomic E-state index is 0.0941. The number of thioether (sulfide) groups is 1. The van der Waals surface area contributed by atoms with Crippen molar-refractivity contribution in [1.29, 1.82) is 0 Å². The number of ether oxygens (including phenoxy) is 1. The van der Waals surface area contributed by atoms with Gasteiger partial charge in [0, 0.05) is 12.6 Å².